The molecule has 0 bridgehead atoms. The molecule has 25 heavy (non-hydrogen) atoms. The number of fused-ring (bicyclic) bond motifs is 1. The molecule has 0 atom stereocenters. The minimum absolute atomic E-state index is 0.0752. The van der Waals surface area contributed by atoms with Crippen LogP contribution >= 0.6 is 0 Å². The molecular formula is C17H23N3O5. The number of hydrogen-bond acceptors (Lipinski definition) is 5. The molecule has 1 heterocycles. The number of nitrogens with zero attached hydrogens (tertiary/aromatic N) is 3. The predicted octanol–water partition coefficient (Wildman–Crippen LogP) is 0.714. The predicted molar refractivity (Wildman–Crippen MR) is 92.7 cm³/mol. The summed E-state index contributed by atoms with van der Waals surface area (Å²) in [5, 5.41) is 0. The van der Waals surface area contributed by atoms with Gasteiger partial charge in [-0.1, -0.05) is 0 Å². The maximum atomic E-state index is 12.8. The maximum Gasteiger partial charge on any atom is 0.337 e. The number of carbonyl (C=O) groups excluding carboxylic acids is 2. The van der Waals surface area contributed by atoms with Crippen molar-refractivity contribution in [3.8, 4) is 0 Å². The molecule has 0 spiro atoms. The standard InChI is InChI=1S/C17H23N3O5/c1-18(2)15(21)7-8-19-14-11-12(16(22)25-4)5-6-13(14)20(17(19)23)9-10-24-3/h5-6,11H,7-10H2,1-4H3. The van der Waals surface area contributed by atoms with Crippen LogP contribution in [0.5, 0.6) is 0 Å². The van der Waals surface area contributed by atoms with E-state index in [1.54, 1.807) is 44.0 Å². The van der Waals surface area contributed by atoms with Gasteiger partial charge in [0.2, 0.25) is 5.91 Å². The molecule has 0 radical (unpaired) electrons. The van der Waals surface area contributed by atoms with E-state index in [0.29, 0.717) is 29.7 Å². The Morgan fingerprint density at radius 1 is 1.08 bits per heavy atom. The van der Waals surface area contributed by atoms with Crippen LogP contribution in [0.4, 0.5) is 0 Å². The van der Waals surface area contributed by atoms with E-state index in [9.17, 15) is 14.4 Å². The minimum Gasteiger partial charge on any atom is -0.465 e. The van der Waals surface area contributed by atoms with E-state index in [-0.39, 0.29) is 24.6 Å². The number of hydrogen-bond donors (Lipinski definition) is 0. The molecule has 0 aliphatic carbocycles. The van der Waals surface area contributed by atoms with Gasteiger partial charge < -0.3 is 14.4 Å². The summed E-state index contributed by atoms with van der Waals surface area (Å²) >= 11 is 0. The summed E-state index contributed by atoms with van der Waals surface area (Å²) in [4.78, 5) is 37.9. The van der Waals surface area contributed by atoms with Crippen molar-refractivity contribution in [2.45, 2.75) is 19.5 Å². The van der Waals surface area contributed by atoms with Gasteiger partial charge in [0.25, 0.3) is 0 Å². The van der Waals surface area contributed by atoms with E-state index in [0.717, 1.165) is 0 Å². The number of ether oxygens (including phenoxy) is 2. The Balaban J connectivity index is 2.51. The summed E-state index contributed by atoms with van der Waals surface area (Å²) in [5.74, 6) is -0.552. The zero-order chi connectivity index (χ0) is 18.6. The van der Waals surface area contributed by atoms with Crippen LogP contribution in [0, 0.1) is 0 Å². The Kier molecular flexibility index (Phi) is 5.97. The second kappa shape index (κ2) is 7.98. The molecule has 0 saturated heterocycles. The van der Waals surface area contributed by atoms with Crippen LogP contribution in [0.25, 0.3) is 11.0 Å². The van der Waals surface area contributed by atoms with Crippen LogP contribution in [0.15, 0.2) is 23.0 Å². The van der Waals surface area contributed by atoms with E-state index in [1.807, 2.05) is 0 Å². The summed E-state index contributed by atoms with van der Waals surface area (Å²) in [6.45, 7) is 1.00. The van der Waals surface area contributed by atoms with Gasteiger partial charge in [0, 0.05) is 34.2 Å². The van der Waals surface area contributed by atoms with Gasteiger partial charge in [-0.2, -0.15) is 0 Å². The van der Waals surface area contributed by atoms with Crippen LogP contribution in [0.1, 0.15) is 16.8 Å². The first-order valence-electron chi connectivity index (χ1n) is 7.91. The molecule has 0 aliphatic heterocycles. The molecule has 1 amide bonds. The van der Waals surface area contributed by atoms with E-state index in [1.165, 1.54) is 16.6 Å². The average molecular weight is 349 g/mol. The first-order chi connectivity index (χ1) is 11.9. The van der Waals surface area contributed by atoms with Crippen molar-refractivity contribution in [1.29, 1.82) is 0 Å². The first kappa shape index (κ1) is 18.7. The van der Waals surface area contributed by atoms with Crippen LogP contribution in [-0.2, 0) is 27.4 Å². The van der Waals surface area contributed by atoms with E-state index >= 15 is 0 Å². The number of aryl methyl sites for hydroxylation is 1. The monoisotopic (exact) mass is 349 g/mol. The first-order valence-corrected chi connectivity index (χ1v) is 7.91. The summed E-state index contributed by atoms with van der Waals surface area (Å²) < 4.78 is 12.9. The van der Waals surface area contributed by atoms with Gasteiger partial charge in [0.1, 0.15) is 0 Å². The van der Waals surface area contributed by atoms with E-state index < -0.39 is 5.97 Å². The highest BCUT2D eigenvalue weighted by molar-refractivity contribution is 5.93. The molecule has 0 N–H and O–H groups in total. The Hall–Kier alpha value is -2.61. The smallest absolute Gasteiger partial charge is 0.337 e. The summed E-state index contributed by atoms with van der Waals surface area (Å²) in [7, 11) is 6.21. The number of benzene rings is 1. The number of esters is 1. The lowest BCUT2D eigenvalue weighted by molar-refractivity contribution is -0.128. The SMILES string of the molecule is COCCn1c(=O)n(CCC(=O)N(C)C)c2cc(C(=O)OC)ccc21. The van der Waals surface area contributed by atoms with Crippen LogP contribution in [-0.4, -0.2) is 60.8 Å². The van der Waals surface area contributed by atoms with Crippen LogP contribution in [0.3, 0.4) is 0 Å². The van der Waals surface area contributed by atoms with E-state index in [2.05, 4.69) is 0 Å². The van der Waals surface area contributed by atoms with Crippen molar-refractivity contribution in [1.82, 2.24) is 14.0 Å². The van der Waals surface area contributed by atoms with Crippen molar-refractivity contribution >= 4 is 22.9 Å². The second-order valence-electron chi connectivity index (χ2n) is 5.81. The fourth-order valence-electron chi connectivity index (χ4n) is 2.61. The van der Waals surface area contributed by atoms with E-state index in [4.69, 9.17) is 9.47 Å². The maximum absolute atomic E-state index is 12.8. The molecular weight excluding hydrogens is 326 g/mol. The van der Waals surface area contributed by atoms with Gasteiger partial charge in [-0.05, 0) is 18.2 Å². The van der Waals surface area contributed by atoms with Crippen molar-refractivity contribution in [2.24, 2.45) is 0 Å². The Bertz CT molecular complexity index is 835. The molecule has 1 aromatic heterocycles. The fraction of sp³-hybridized carbons (Fsp3) is 0.471. The molecule has 0 saturated carbocycles. The zero-order valence-corrected chi connectivity index (χ0v) is 14.9. The molecule has 0 fully saturated rings. The summed E-state index contributed by atoms with van der Waals surface area (Å²) in [5.41, 5.74) is 1.40. The molecule has 2 rings (SSSR count). The largest absolute Gasteiger partial charge is 0.465 e. The number of amides is 1. The molecule has 8 nitrogen and oxygen atoms in total. The lowest BCUT2D eigenvalue weighted by Crippen LogP contribution is -2.28. The highest BCUT2D eigenvalue weighted by Crippen LogP contribution is 2.17. The lowest BCUT2D eigenvalue weighted by Gasteiger charge is -2.10. The van der Waals surface area contributed by atoms with Crippen LogP contribution < -0.4 is 5.69 Å². The minimum atomic E-state index is -0.477. The van der Waals surface area contributed by atoms with Crippen molar-refractivity contribution < 1.29 is 19.1 Å². The van der Waals surface area contributed by atoms with Crippen LogP contribution in [0.2, 0.25) is 0 Å². The van der Waals surface area contributed by atoms with Gasteiger partial charge >= 0.3 is 11.7 Å². The number of rotatable bonds is 7. The normalized spacial score (nSPS) is 10.9. The van der Waals surface area contributed by atoms with Crippen molar-refractivity contribution in [3.63, 3.8) is 0 Å². The molecule has 8 heteroatoms. The Morgan fingerprint density at radius 3 is 2.36 bits per heavy atom. The van der Waals surface area contributed by atoms with Gasteiger partial charge in [0.05, 0.1) is 36.9 Å². The van der Waals surface area contributed by atoms with Crippen molar-refractivity contribution in [3.05, 3.63) is 34.2 Å². The molecule has 136 valence electrons. The lowest BCUT2D eigenvalue weighted by atomic mass is 10.2. The number of carbonyl (C=O) groups is 2. The fourth-order valence-corrected chi connectivity index (χ4v) is 2.61. The highest BCUT2D eigenvalue weighted by atomic mass is 16.5. The number of methoxy groups -OCH3 is 2. The molecule has 2 aromatic rings. The molecule has 0 unspecified atom stereocenters. The van der Waals surface area contributed by atoms with Gasteiger partial charge in [0.15, 0.2) is 0 Å². The number of imidazole rings is 1. The highest BCUT2D eigenvalue weighted by Gasteiger charge is 2.17. The zero-order valence-electron chi connectivity index (χ0n) is 14.9. The Morgan fingerprint density at radius 2 is 1.76 bits per heavy atom. The Labute approximate surface area is 145 Å². The molecule has 0 aliphatic rings. The third-order valence-electron chi connectivity index (χ3n) is 4.01. The van der Waals surface area contributed by atoms with Gasteiger partial charge in [-0.3, -0.25) is 13.9 Å². The molecule has 1 aromatic carbocycles. The summed E-state index contributed by atoms with van der Waals surface area (Å²) in [6.07, 6.45) is 0.193. The topological polar surface area (TPSA) is 82.8 Å². The van der Waals surface area contributed by atoms with Crippen molar-refractivity contribution in [2.75, 3.05) is 34.9 Å². The number of aromatic nitrogens is 2. The third kappa shape index (κ3) is 3.90. The third-order valence-corrected chi connectivity index (χ3v) is 4.01. The average Bonchev–Trinajstić information content (AvgIpc) is 2.87. The second-order valence-corrected chi connectivity index (χ2v) is 5.81. The van der Waals surface area contributed by atoms with Gasteiger partial charge in [-0.15, -0.1) is 0 Å². The quantitative estimate of drug-likeness (QED) is 0.688. The summed E-state index contributed by atoms with van der Waals surface area (Å²) in [6, 6.07) is 4.95. The van der Waals surface area contributed by atoms with Gasteiger partial charge in [-0.25, -0.2) is 9.59 Å².